The molecule has 10 heteroatoms. The number of H-pyrrole nitrogens is 1. The number of carbonyl (C=O) groups excluding carboxylic acids is 2. The number of aromatic nitrogens is 4. The van der Waals surface area contributed by atoms with E-state index in [9.17, 15) is 9.59 Å². The van der Waals surface area contributed by atoms with Gasteiger partial charge < -0.3 is 10.6 Å². The maximum absolute atomic E-state index is 12.1. The van der Waals surface area contributed by atoms with Crippen LogP contribution in [0.15, 0.2) is 34.5 Å². The van der Waals surface area contributed by atoms with Gasteiger partial charge in [0.25, 0.3) is 0 Å². The predicted octanol–water partition coefficient (Wildman–Crippen LogP) is 1.28. The number of rotatable bonds is 9. The third-order valence-corrected chi connectivity index (χ3v) is 3.97. The average Bonchev–Trinajstić information content (AvgIpc) is 3.19. The second-order valence-corrected chi connectivity index (χ2v) is 6.03. The van der Waals surface area contributed by atoms with Crippen LogP contribution in [0, 0.1) is 12.3 Å². The molecule has 0 saturated carbocycles. The first-order valence-electron chi connectivity index (χ1n) is 8.38. The second kappa shape index (κ2) is 8.18. The summed E-state index contributed by atoms with van der Waals surface area (Å²) in [4.78, 5) is 24.0. The zero-order valence-electron chi connectivity index (χ0n) is 14.5. The van der Waals surface area contributed by atoms with Gasteiger partial charge in [-0.25, -0.2) is 0 Å². The van der Waals surface area contributed by atoms with Crippen LogP contribution in [0.4, 0.5) is 5.69 Å². The highest BCUT2D eigenvalue weighted by Crippen LogP contribution is 2.35. The van der Waals surface area contributed by atoms with Gasteiger partial charge in [0, 0.05) is 37.1 Å². The van der Waals surface area contributed by atoms with E-state index in [1.54, 1.807) is 24.3 Å². The standard InChI is InChI=1S/C17H18N8O2/c1-2-3-7-17(22-23-17)8-9-18-14(26)11-15(27)19-13-6-4-5-12(10-13)16-20-24-25-21-16/h1,4-6,10H,3,7-9,11H2,(H,18,26)(H,19,27)(H,20,21,24,25). The predicted molar refractivity (Wildman–Crippen MR) is 96.1 cm³/mol. The lowest BCUT2D eigenvalue weighted by atomic mass is 10.0. The van der Waals surface area contributed by atoms with Crippen LogP contribution >= 0.6 is 0 Å². The highest BCUT2D eigenvalue weighted by Gasteiger charge is 2.38. The summed E-state index contributed by atoms with van der Waals surface area (Å²) in [5, 5.41) is 27.0. The molecule has 10 nitrogen and oxygen atoms in total. The molecule has 1 aliphatic heterocycles. The zero-order valence-corrected chi connectivity index (χ0v) is 14.5. The number of benzene rings is 1. The van der Waals surface area contributed by atoms with Crippen LogP contribution in [-0.2, 0) is 9.59 Å². The molecule has 0 bridgehead atoms. The van der Waals surface area contributed by atoms with E-state index in [0.29, 0.717) is 42.9 Å². The Morgan fingerprint density at radius 1 is 1.22 bits per heavy atom. The van der Waals surface area contributed by atoms with Crippen molar-refractivity contribution in [1.82, 2.24) is 25.9 Å². The molecule has 0 fully saturated rings. The average molecular weight is 366 g/mol. The molecule has 0 atom stereocenters. The molecule has 0 saturated heterocycles. The number of anilines is 1. The Balaban J connectivity index is 1.42. The van der Waals surface area contributed by atoms with Gasteiger partial charge in [0.15, 0.2) is 5.66 Å². The third-order valence-electron chi connectivity index (χ3n) is 3.97. The minimum atomic E-state index is -0.447. The van der Waals surface area contributed by atoms with Gasteiger partial charge in [-0.2, -0.15) is 15.4 Å². The lowest BCUT2D eigenvalue weighted by Crippen LogP contribution is -2.31. The lowest BCUT2D eigenvalue weighted by molar-refractivity contribution is -0.126. The van der Waals surface area contributed by atoms with Crippen molar-refractivity contribution in [1.29, 1.82) is 0 Å². The highest BCUT2D eigenvalue weighted by atomic mass is 16.2. The van der Waals surface area contributed by atoms with Gasteiger partial charge in [-0.05, 0) is 17.3 Å². The van der Waals surface area contributed by atoms with Crippen molar-refractivity contribution < 1.29 is 9.59 Å². The van der Waals surface area contributed by atoms with Crippen molar-refractivity contribution in [3.63, 3.8) is 0 Å². The smallest absolute Gasteiger partial charge is 0.233 e. The topological polar surface area (TPSA) is 137 Å². The number of aromatic amines is 1. The van der Waals surface area contributed by atoms with Gasteiger partial charge in [-0.15, -0.1) is 22.5 Å². The SMILES string of the molecule is C#CCCC1(CCNC(=O)CC(=O)Nc2cccc(-c3nn[nH]n3)c2)N=N1. The molecule has 2 aromatic rings. The van der Waals surface area contributed by atoms with E-state index in [1.165, 1.54) is 0 Å². The van der Waals surface area contributed by atoms with Crippen molar-refractivity contribution in [3.8, 4) is 23.7 Å². The van der Waals surface area contributed by atoms with Crippen LogP contribution in [0.2, 0.25) is 0 Å². The van der Waals surface area contributed by atoms with Crippen molar-refractivity contribution in [3.05, 3.63) is 24.3 Å². The van der Waals surface area contributed by atoms with Crippen molar-refractivity contribution >= 4 is 17.5 Å². The fourth-order valence-corrected chi connectivity index (χ4v) is 2.50. The van der Waals surface area contributed by atoms with Crippen LogP contribution in [0.25, 0.3) is 11.4 Å². The minimum Gasteiger partial charge on any atom is -0.355 e. The Labute approximate surface area is 155 Å². The monoisotopic (exact) mass is 366 g/mol. The fourth-order valence-electron chi connectivity index (χ4n) is 2.50. The maximum Gasteiger partial charge on any atom is 0.233 e. The first-order chi connectivity index (χ1) is 13.1. The molecule has 3 N–H and O–H groups in total. The Morgan fingerprint density at radius 2 is 2.07 bits per heavy atom. The summed E-state index contributed by atoms with van der Waals surface area (Å²) in [5.41, 5.74) is 0.788. The van der Waals surface area contributed by atoms with Crippen LogP contribution in [0.1, 0.15) is 25.7 Å². The molecule has 3 rings (SSSR count). The largest absolute Gasteiger partial charge is 0.355 e. The highest BCUT2D eigenvalue weighted by molar-refractivity contribution is 6.03. The molecular weight excluding hydrogens is 348 g/mol. The number of hydrogen-bond acceptors (Lipinski definition) is 7. The summed E-state index contributed by atoms with van der Waals surface area (Å²) in [7, 11) is 0. The number of carbonyl (C=O) groups is 2. The minimum absolute atomic E-state index is 0.280. The van der Waals surface area contributed by atoms with E-state index in [4.69, 9.17) is 6.42 Å². The summed E-state index contributed by atoms with van der Waals surface area (Å²) < 4.78 is 0. The quantitative estimate of drug-likeness (QED) is 0.453. The number of nitrogens with zero attached hydrogens (tertiary/aromatic N) is 5. The van der Waals surface area contributed by atoms with Gasteiger partial charge in [0.05, 0.1) is 0 Å². The molecule has 0 spiro atoms. The van der Waals surface area contributed by atoms with Crippen molar-refractivity contribution in [2.24, 2.45) is 10.2 Å². The number of terminal acetylenes is 1. The number of tetrazole rings is 1. The Bertz CT molecular complexity index is 879. The Kier molecular flexibility index (Phi) is 5.51. The Morgan fingerprint density at radius 3 is 2.78 bits per heavy atom. The molecule has 1 aromatic carbocycles. The molecular formula is C17H18N8O2. The second-order valence-electron chi connectivity index (χ2n) is 6.03. The first kappa shape index (κ1) is 18.2. The van der Waals surface area contributed by atoms with Crippen LogP contribution in [0.5, 0.6) is 0 Å². The third kappa shape index (κ3) is 5.18. The number of hydrogen-bond donors (Lipinski definition) is 3. The molecule has 27 heavy (non-hydrogen) atoms. The van der Waals surface area contributed by atoms with Crippen LogP contribution < -0.4 is 10.6 Å². The Hall–Kier alpha value is -3.61. The molecule has 2 amide bonds. The van der Waals surface area contributed by atoms with Gasteiger partial charge >= 0.3 is 0 Å². The summed E-state index contributed by atoms with van der Waals surface area (Å²) in [6, 6.07) is 6.95. The normalized spacial score (nSPS) is 13.6. The number of amides is 2. The lowest BCUT2D eigenvalue weighted by Gasteiger charge is -2.10. The first-order valence-corrected chi connectivity index (χ1v) is 8.38. The van der Waals surface area contributed by atoms with E-state index >= 15 is 0 Å². The zero-order chi connectivity index (χ0) is 19.1. The maximum atomic E-state index is 12.1. The molecule has 0 radical (unpaired) electrons. The van der Waals surface area contributed by atoms with E-state index in [0.717, 1.165) is 0 Å². The van der Waals surface area contributed by atoms with Gasteiger partial charge in [-0.1, -0.05) is 12.1 Å². The van der Waals surface area contributed by atoms with Gasteiger partial charge in [0.1, 0.15) is 6.42 Å². The van der Waals surface area contributed by atoms with E-state index in [-0.39, 0.29) is 12.3 Å². The number of nitrogens with one attached hydrogen (secondary N) is 3. The van der Waals surface area contributed by atoms with E-state index in [2.05, 4.69) is 47.4 Å². The summed E-state index contributed by atoms with van der Waals surface area (Å²) in [6.45, 7) is 0.386. The van der Waals surface area contributed by atoms with E-state index in [1.807, 2.05) is 0 Å². The van der Waals surface area contributed by atoms with Crippen LogP contribution in [-0.4, -0.2) is 44.6 Å². The molecule has 2 heterocycles. The molecule has 1 aromatic heterocycles. The van der Waals surface area contributed by atoms with E-state index < -0.39 is 11.6 Å². The molecule has 138 valence electrons. The molecule has 0 unspecified atom stereocenters. The van der Waals surface area contributed by atoms with Crippen LogP contribution in [0.3, 0.4) is 0 Å². The summed E-state index contributed by atoms with van der Waals surface area (Å²) in [5.74, 6) is 2.18. The van der Waals surface area contributed by atoms with Crippen molar-refractivity contribution in [2.45, 2.75) is 31.3 Å². The fraction of sp³-hybridized carbons (Fsp3) is 0.353. The van der Waals surface area contributed by atoms with Gasteiger partial charge in [0.2, 0.25) is 17.6 Å². The van der Waals surface area contributed by atoms with Crippen molar-refractivity contribution in [2.75, 3.05) is 11.9 Å². The van der Waals surface area contributed by atoms with Gasteiger partial charge in [-0.3, -0.25) is 9.59 Å². The summed E-state index contributed by atoms with van der Waals surface area (Å²) in [6.07, 6.45) is 6.80. The molecule has 1 aliphatic rings. The molecule has 0 aliphatic carbocycles. The summed E-state index contributed by atoms with van der Waals surface area (Å²) >= 11 is 0.